The van der Waals surface area contributed by atoms with Gasteiger partial charge in [-0.2, -0.15) is 0 Å². The lowest BCUT2D eigenvalue weighted by Crippen LogP contribution is -2.48. The van der Waals surface area contributed by atoms with Gasteiger partial charge in [-0.15, -0.1) is 0 Å². The van der Waals surface area contributed by atoms with Gasteiger partial charge >= 0.3 is 5.97 Å². The van der Waals surface area contributed by atoms with Gasteiger partial charge in [0.25, 0.3) is 0 Å². The van der Waals surface area contributed by atoms with Gasteiger partial charge in [0.2, 0.25) is 5.91 Å². The largest absolute Gasteiger partial charge is 0.480 e. The van der Waals surface area contributed by atoms with E-state index in [-0.39, 0.29) is 12.0 Å². The van der Waals surface area contributed by atoms with Crippen LogP contribution >= 0.6 is 0 Å². The minimum atomic E-state index is -0.840. The molecule has 1 spiro atoms. The van der Waals surface area contributed by atoms with Crippen LogP contribution in [0.1, 0.15) is 24.8 Å². The number of para-hydroxylation sites is 1. The molecule has 4 rings (SSSR count). The third kappa shape index (κ3) is 2.88. The number of amides is 1. The number of aliphatic carboxylic acids is 1. The highest BCUT2D eigenvalue weighted by molar-refractivity contribution is 5.85. The predicted octanol–water partition coefficient (Wildman–Crippen LogP) is 2.17. The molecule has 1 atom stereocenters. The number of nitrogens with zero attached hydrogens (tertiary/aromatic N) is 3. The quantitative estimate of drug-likeness (QED) is 0.913. The molecule has 6 heteroatoms. The second-order valence-corrected chi connectivity index (χ2v) is 7.76. The number of benzene rings is 1. The monoisotopic (exact) mass is 355 g/mol. The molecule has 0 saturated carbocycles. The average Bonchev–Trinajstić information content (AvgIpc) is 3.16. The van der Waals surface area contributed by atoms with Crippen molar-refractivity contribution in [1.82, 2.24) is 14.4 Å². The number of aromatic nitrogens is 1. The molecule has 1 aromatic carbocycles. The summed E-state index contributed by atoms with van der Waals surface area (Å²) in [6, 6.07) is 7.94. The molecule has 6 nitrogen and oxygen atoms in total. The highest BCUT2D eigenvalue weighted by Crippen LogP contribution is 2.40. The SMILES string of the molecule is CN1CCCC2(CCN(Cc3cn(CC(=O)O)c4ccccc34)C2)C1=O. The number of carboxylic acids is 1. The summed E-state index contributed by atoms with van der Waals surface area (Å²) < 4.78 is 1.80. The summed E-state index contributed by atoms with van der Waals surface area (Å²) in [5.74, 6) is -0.548. The van der Waals surface area contributed by atoms with Crippen molar-refractivity contribution in [2.75, 3.05) is 26.7 Å². The highest BCUT2D eigenvalue weighted by Gasteiger charge is 2.47. The highest BCUT2D eigenvalue weighted by atomic mass is 16.4. The topological polar surface area (TPSA) is 65.8 Å². The zero-order valence-corrected chi connectivity index (χ0v) is 15.1. The number of likely N-dealkylation sites (tertiary alicyclic amines) is 2. The zero-order chi connectivity index (χ0) is 18.3. The minimum Gasteiger partial charge on any atom is -0.480 e. The van der Waals surface area contributed by atoms with E-state index in [1.54, 1.807) is 4.57 Å². The number of hydrogen-bond acceptors (Lipinski definition) is 3. The Morgan fingerprint density at radius 2 is 2.04 bits per heavy atom. The van der Waals surface area contributed by atoms with Gasteiger partial charge in [0.05, 0.1) is 5.41 Å². The molecule has 1 N–H and O–H groups in total. The smallest absolute Gasteiger partial charge is 0.323 e. The van der Waals surface area contributed by atoms with Crippen LogP contribution in [0.4, 0.5) is 0 Å². The van der Waals surface area contributed by atoms with Gasteiger partial charge in [0.1, 0.15) is 6.54 Å². The molecule has 0 bridgehead atoms. The number of carbonyl (C=O) groups excluding carboxylic acids is 1. The number of carbonyl (C=O) groups is 2. The summed E-state index contributed by atoms with van der Waals surface area (Å²) in [7, 11) is 1.91. The fourth-order valence-electron chi connectivity index (χ4n) is 4.71. The number of piperidine rings is 1. The summed E-state index contributed by atoms with van der Waals surface area (Å²) in [6.07, 6.45) is 4.93. The van der Waals surface area contributed by atoms with Crippen LogP contribution in [0.3, 0.4) is 0 Å². The third-order valence-corrected chi connectivity index (χ3v) is 5.95. The van der Waals surface area contributed by atoms with Crippen molar-refractivity contribution < 1.29 is 14.7 Å². The third-order valence-electron chi connectivity index (χ3n) is 5.95. The van der Waals surface area contributed by atoms with Gasteiger partial charge in [-0.1, -0.05) is 18.2 Å². The Morgan fingerprint density at radius 1 is 1.23 bits per heavy atom. The summed E-state index contributed by atoms with van der Waals surface area (Å²) in [6.45, 7) is 3.30. The Kier molecular flexibility index (Phi) is 4.23. The van der Waals surface area contributed by atoms with E-state index in [0.717, 1.165) is 61.9 Å². The molecule has 0 radical (unpaired) electrons. The van der Waals surface area contributed by atoms with E-state index in [1.807, 2.05) is 42.4 Å². The molecule has 2 aliphatic heterocycles. The second kappa shape index (κ2) is 6.43. The van der Waals surface area contributed by atoms with Crippen molar-refractivity contribution in [3.05, 3.63) is 36.0 Å². The first-order chi connectivity index (χ1) is 12.5. The number of fused-ring (bicyclic) bond motifs is 1. The summed E-state index contributed by atoms with van der Waals surface area (Å²) >= 11 is 0. The van der Waals surface area contributed by atoms with Crippen molar-refractivity contribution in [3.63, 3.8) is 0 Å². The molecule has 1 amide bonds. The standard InChI is InChI=1S/C20H25N3O3/c1-21-9-4-7-20(19(21)26)8-10-22(14-20)11-15-12-23(13-18(24)25)17-6-3-2-5-16(15)17/h2-3,5-6,12H,4,7-11,13-14H2,1H3,(H,24,25). The Labute approximate surface area is 153 Å². The maximum absolute atomic E-state index is 12.7. The van der Waals surface area contributed by atoms with Crippen molar-refractivity contribution in [1.29, 1.82) is 0 Å². The van der Waals surface area contributed by atoms with E-state index in [0.29, 0.717) is 5.91 Å². The molecule has 26 heavy (non-hydrogen) atoms. The van der Waals surface area contributed by atoms with Gasteiger partial charge in [0.15, 0.2) is 0 Å². The predicted molar refractivity (Wildman–Crippen MR) is 98.8 cm³/mol. The lowest BCUT2D eigenvalue weighted by Gasteiger charge is -2.37. The second-order valence-electron chi connectivity index (χ2n) is 7.76. The van der Waals surface area contributed by atoms with E-state index in [1.165, 1.54) is 0 Å². The Morgan fingerprint density at radius 3 is 2.85 bits per heavy atom. The first kappa shape index (κ1) is 17.1. The lowest BCUT2D eigenvalue weighted by molar-refractivity contribution is -0.144. The van der Waals surface area contributed by atoms with Gasteiger partial charge in [0, 0.05) is 43.8 Å². The Hall–Kier alpha value is -2.34. The molecule has 2 saturated heterocycles. The first-order valence-electron chi connectivity index (χ1n) is 9.25. The minimum absolute atomic E-state index is 0.0340. The number of hydrogen-bond donors (Lipinski definition) is 1. The van der Waals surface area contributed by atoms with Crippen LogP contribution in [-0.2, 0) is 22.7 Å². The van der Waals surface area contributed by atoms with E-state index >= 15 is 0 Å². The zero-order valence-electron chi connectivity index (χ0n) is 15.1. The van der Waals surface area contributed by atoms with Crippen LogP contribution in [0, 0.1) is 5.41 Å². The van der Waals surface area contributed by atoms with E-state index in [2.05, 4.69) is 4.90 Å². The van der Waals surface area contributed by atoms with Gasteiger partial charge in [-0.3, -0.25) is 14.5 Å². The maximum Gasteiger partial charge on any atom is 0.323 e. The Balaban J connectivity index is 1.57. The molecule has 2 fully saturated rings. The van der Waals surface area contributed by atoms with Gasteiger partial charge in [-0.05, 0) is 37.4 Å². The summed E-state index contributed by atoms with van der Waals surface area (Å²) in [4.78, 5) is 28.1. The Bertz CT molecular complexity index is 859. The van der Waals surface area contributed by atoms with Crippen molar-refractivity contribution >= 4 is 22.8 Å². The van der Waals surface area contributed by atoms with Crippen molar-refractivity contribution in [2.24, 2.45) is 5.41 Å². The summed E-state index contributed by atoms with van der Waals surface area (Å²) in [5.41, 5.74) is 1.87. The van der Waals surface area contributed by atoms with Crippen molar-refractivity contribution in [3.8, 4) is 0 Å². The molecular weight excluding hydrogens is 330 g/mol. The fraction of sp³-hybridized carbons (Fsp3) is 0.500. The van der Waals surface area contributed by atoms with E-state index in [4.69, 9.17) is 5.11 Å². The average molecular weight is 355 g/mol. The molecule has 3 heterocycles. The molecular formula is C20H25N3O3. The lowest BCUT2D eigenvalue weighted by atomic mass is 9.78. The van der Waals surface area contributed by atoms with Gasteiger partial charge in [-0.25, -0.2) is 0 Å². The molecule has 1 aromatic heterocycles. The summed E-state index contributed by atoms with van der Waals surface area (Å²) in [5, 5.41) is 10.3. The normalized spacial score (nSPS) is 24.0. The van der Waals surface area contributed by atoms with Crippen LogP contribution in [0.2, 0.25) is 0 Å². The van der Waals surface area contributed by atoms with Crippen LogP contribution in [-0.4, -0.2) is 58.0 Å². The van der Waals surface area contributed by atoms with Crippen LogP contribution < -0.4 is 0 Å². The molecule has 2 aliphatic rings. The van der Waals surface area contributed by atoms with Gasteiger partial charge < -0.3 is 14.6 Å². The van der Waals surface area contributed by atoms with E-state index < -0.39 is 5.97 Å². The van der Waals surface area contributed by atoms with Crippen molar-refractivity contribution in [2.45, 2.75) is 32.4 Å². The van der Waals surface area contributed by atoms with Crippen LogP contribution in [0.25, 0.3) is 10.9 Å². The first-order valence-corrected chi connectivity index (χ1v) is 9.25. The molecule has 138 valence electrons. The maximum atomic E-state index is 12.7. The van der Waals surface area contributed by atoms with Crippen LogP contribution in [0.15, 0.2) is 30.5 Å². The number of carboxylic acid groups (broad SMARTS) is 1. The molecule has 0 aliphatic carbocycles. The van der Waals surface area contributed by atoms with E-state index in [9.17, 15) is 9.59 Å². The molecule has 1 unspecified atom stereocenters. The molecule has 2 aromatic rings. The van der Waals surface area contributed by atoms with Crippen LogP contribution in [0.5, 0.6) is 0 Å². The fourth-order valence-corrected chi connectivity index (χ4v) is 4.71. The number of rotatable bonds is 4.